The number of carbonyl (C=O) groups excluding carboxylic acids is 1. The predicted octanol–water partition coefficient (Wildman–Crippen LogP) is 1.13. The third kappa shape index (κ3) is 2.65. The molecule has 4 heterocycles. The predicted molar refractivity (Wildman–Crippen MR) is 85.6 cm³/mol. The van der Waals surface area contributed by atoms with Crippen LogP contribution in [-0.2, 0) is 11.8 Å². The van der Waals surface area contributed by atoms with Crippen molar-refractivity contribution in [2.45, 2.75) is 12.0 Å². The van der Waals surface area contributed by atoms with Crippen LogP contribution in [-0.4, -0.2) is 57.5 Å². The van der Waals surface area contributed by atoms with Gasteiger partial charge in [-0.05, 0) is 18.6 Å². The Hall–Kier alpha value is -2.41. The Labute approximate surface area is 140 Å². The quantitative estimate of drug-likeness (QED) is 0.841. The van der Waals surface area contributed by atoms with Gasteiger partial charge in [-0.2, -0.15) is 5.10 Å². The molecule has 2 aromatic heterocycles. The van der Waals surface area contributed by atoms with Gasteiger partial charge in [-0.15, -0.1) is 0 Å². The van der Waals surface area contributed by atoms with E-state index in [1.165, 1.54) is 0 Å². The lowest BCUT2D eigenvalue weighted by molar-refractivity contribution is -0.122. The highest BCUT2D eigenvalue weighted by Crippen LogP contribution is 2.40. The van der Waals surface area contributed by atoms with Gasteiger partial charge in [0, 0.05) is 32.0 Å². The zero-order valence-electron chi connectivity index (χ0n) is 13.6. The molecule has 1 atom stereocenters. The zero-order valence-corrected chi connectivity index (χ0v) is 13.6. The minimum Gasteiger partial charge on any atom is -0.492 e. The third-order valence-electron chi connectivity index (χ3n) is 4.84. The summed E-state index contributed by atoms with van der Waals surface area (Å²) in [4.78, 5) is 18.3. The first-order valence-corrected chi connectivity index (χ1v) is 8.11. The van der Waals surface area contributed by atoms with Gasteiger partial charge in [0.15, 0.2) is 0 Å². The number of pyridine rings is 1. The van der Waals surface area contributed by atoms with Gasteiger partial charge >= 0.3 is 0 Å². The molecular weight excluding hydrogens is 308 g/mol. The summed E-state index contributed by atoms with van der Waals surface area (Å²) in [5.74, 6) is 1.06. The van der Waals surface area contributed by atoms with E-state index in [-0.39, 0.29) is 17.4 Å². The number of aryl methyl sites for hydroxylation is 1. The fourth-order valence-electron chi connectivity index (χ4n) is 3.46. The summed E-state index contributed by atoms with van der Waals surface area (Å²) in [7, 11) is 1.81. The fourth-order valence-corrected chi connectivity index (χ4v) is 3.46. The standard InChI is InChI=1S/C17H20N4O3/c1-20-9-13(7-19-20)16(22)21-11-17(12-21)14(4-6-24-17)10-23-15-3-2-5-18-8-15/h2-3,5,7-9,14H,4,6,10-12H2,1H3. The largest absolute Gasteiger partial charge is 0.492 e. The highest BCUT2D eigenvalue weighted by Gasteiger charge is 2.54. The molecule has 0 bridgehead atoms. The van der Waals surface area contributed by atoms with Crippen molar-refractivity contribution in [2.75, 3.05) is 26.3 Å². The van der Waals surface area contributed by atoms with Crippen LogP contribution < -0.4 is 4.74 Å². The third-order valence-corrected chi connectivity index (χ3v) is 4.84. The van der Waals surface area contributed by atoms with Gasteiger partial charge in [0.05, 0.1) is 37.7 Å². The maximum absolute atomic E-state index is 12.4. The second-order valence-electron chi connectivity index (χ2n) is 6.46. The Morgan fingerprint density at radius 2 is 2.33 bits per heavy atom. The molecule has 7 heteroatoms. The first-order valence-electron chi connectivity index (χ1n) is 8.11. The minimum atomic E-state index is -0.264. The van der Waals surface area contributed by atoms with Crippen molar-refractivity contribution in [1.29, 1.82) is 0 Å². The van der Waals surface area contributed by atoms with E-state index in [4.69, 9.17) is 9.47 Å². The van der Waals surface area contributed by atoms with E-state index in [0.29, 0.717) is 25.3 Å². The number of hydrogen-bond donors (Lipinski definition) is 0. The summed E-state index contributed by atoms with van der Waals surface area (Å²) < 4.78 is 13.5. The summed E-state index contributed by atoms with van der Waals surface area (Å²) in [5.41, 5.74) is 0.355. The van der Waals surface area contributed by atoms with E-state index in [2.05, 4.69) is 10.1 Å². The van der Waals surface area contributed by atoms with Crippen LogP contribution in [0.5, 0.6) is 5.75 Å². The Bertz CT molecular complexity index is 724. The molecule has 126 valence electrons. The molecule has 2 aromatic rings. The Morgan fingerprint density at radius 3 is 3.04 bits per heavy atom. The molecule has 1 amide bonds. The van der Waals surface area contributed by atoms with Crippen LogP contribution in [0.3, 0.4) is 0 Å². The highest BCUT2D eigenvalue weighted by atomic mass is 16.5. The molecule has 2 aliphatic rings. The molecule has 0 radical (unpaired) electrons. The highest BCUT2D eigenvalue weighted by molar-refractivity contribution is 5.94. The summed E-state index contributed by atoms with van der Waals surface area (Å²) >= 11 is 0. The number of aromatic nitrogens is 3. The smallest absolute Gasteiger partial charge is 0.257 e. The summed E-state index contributed by atoms with van der Waals surface area (Å²) in [5, 5.41) is 4.06. The lowest BCUT2D eigenvalue weighted by Gasteiger charge is -2.49. The lowest BCUT2D eigenvalue weighted by atomic mass is 9.81. The van der Waals surface area contributed by atoms with Crippen LogP contribution in [0.15, 0.2) is 36.9 Å². The number of likely N-dealkylation sites (tertiary alicyclic amines) is 1. The van der Waals surface area contributed by atoms with E-state index < -0.39 is 0 Å². The van der Waals surface area contributed by atoms with Crippen LogP contribution in [0.1, 0.15) is 16.8 Å². The molecule has 0 saturated carbocycles. The molecule has 0 aromatic carbocycles. The van der Waals surface area contributed by atoms with Gasteiger partial charge in [-0.25, -0.2) is 0 Å². The zero-order chi connectivity index (χ0) is 16.6. The van der Waals surface area contributed by atoms with Crippen LogP contribution >= 0.6 is 0 Å². The van der Waals surface area contributed by atoms with Gasteiger partial charge in [0.2, 0.25) is 0 Å². The molecule has 2 fully saturated rings. The summed E-state index contributed by atoms with van der Waals surface area (Å²) in [6.45, 7) is 2.53. The van der Waals surface area contributed by atoms with E-state index >= 15 is 0 Å². The van der Waals surface area contributed by atoms with Crippen molar-refractivity contribution in [3.05, 3.63) is 42.5 Å². The average Bonchev–Trinajstić information content (AvgIpc) is 3.18. The van der Waals surface area contributed by atoms with E-state index in [9.17, 15) is 4.79 Å². The SMILES string of the molecule is Cn1cc(C(=O)N2CC3(C2)OCCC3COc2cccnc2)cn1. The van der Waals surface area contributed by atoms with Crippen molar-refractivity contribution < 1.29 is 14.3 Å². The van der Waals surface area contributed by atoms with Crippen LogP contribution in [0.2, 0.25) is 0 Å². The number of hydrogen-bond acceptors (Lipinski definition) is 5. The number of rotatable bonds is 4. The molecule has 4 rings (SSSR count). The van der Waals surface area contributed by atoms with E-state index in [1.807, 2.05) is 17.0 Å². The van der Waals surface area contributed by atoms with Crippen molar-refractivity contribution in [3.63, 3.8) is 0 Å². The second kappa shape index (κ2) is 5.90. The topological polar surface area (TPSA) is 69.5 Å². The number of carbonyl (C=O) groups is 1. The molecule has 1 spiro atoms. The molecule has 1 unspecified atom stereocenters. The Kier molecular flexibility index (Phi) is 3.72. The maximum atomic E-state index is 12.4. The van der Waals surface area contributed by atoms with Crippen molar-refractivity contribution >= 4 is 5.91 Å². The first kappa shape index (κ1) is 15.1. The lowest BCUT2D eigenvalue weighted by Crippen LogP contribution is -2.66. The molecule has 2 aliphatic heterocycles. The molecule has 0 aliphatic carbocycles. The van der Waals surface area contributed by atoms with E-state index in [0.717, 1.165) is 18.8 Å². The fraction of sp³-hybridized carbons (Fsp3) is 0.471. The van der Waals surface area contributed by atoms with Gasteiger partial charge in [-0.1, -0.05) is 0 Å². The molecular formula is C17H20N4O3. The first-order chi connectivity index (χ1) is 11.7. The van der Waals surface area contributed by atoms with Crippen molar-refractivity contribution in [3.8, 4) is 5.75 Å². The molecule has 0 N–H and O–H groups in total. The van der Waals surface area contributed by atoms with Crippen LogP contribution in [0, 0.1) is 5.92 Å². The minimum absolute atomic E-state index is 0.0103. The number of nitrogens with zero attached hydrogens (tertiary/aromatic N) is 4. The van der Waals surface area contributed by atoms with Gasteiger partial charge in [0.25, 0.3) is 5.91 Å². The average molecular weight is 328 g/mol. The molecule has 7 nitrogen and oxygen atoms in total. The van der Waals surface area contributed by atoms with Gasteiger partial charge < -0.3 is 14.4 Å². The van der Waals surface area contributed by atoms with E-state index in [1.54, 1.807) is 36.5 Å². The maximum Gasteiger partial charge on any atom is 0.257 e. The number of amides is 1. The summed E-state index contributed by atoms with van der Waals surface area (Å²) in [6.07, 6.45) is 7.73. The Morgan fingerprint density at radius 1 is 1.46 bits per heavy atom. The summed E-state index contributed by atoms with van der Waals surface area (Å²) in [6, 6.07) is 3.75. The number of ether oxygens (including phenoxy) is 2. The van der Waals surface area contributed by atoms with Crippen LogP contribution in [0.4, 0.5) is 0 Å². The molecule has 2 saturated heterocycles. The van der Waals surface area contributed by atoms with Crippen molar-refractivity contribution in [2.24, 2.45) is 13.0 Å². The normalized spacial score (nSPS) is 21.7. The molecule has 24 heavy (non-hydrogen) atoms. The second-order valence-corrected chi connectivity index (χ2v) is 6.46. The monoisotopic (exact) mass is 328 g/mol. The van der Waals surface area contributed by atoms with Gasteiger partial charge in [-0.3, -0.25) is 14.5 Å². The van der Waals surface area contributed by atoms with Crippen LogP contribution in [0.25, 0.3) is 0 Å². The van der Waals surface area contributed by atoms with Gasteiger partial charge in [0.1, 0.15) is 11.4 Å². The Balaban J connectivity index is 1.36. The van der Waals surface area contributed by atoms with Crippen molar-refractivity contribution in [1.82, 2.24) is 19.7 Å².